The molecule has 3 aromatic rings. The monoisotopic (exact) mass is 405 g/mol. The van der Waals surface area contributed by atoms with Crippen LogP contribution in [0.25, 0.3) is 22.6 Å². The predicted octanol–water partition coefficient (Wildman–Crippen LogP) is 6.74. The van der Waals surface area contributed by atoms with Crippen LogP contribution in [0, 0.1) is 11.3 Å². The van der Waals surface area contributed by atoms with Gasteiger partial charge in [-0.15, -0.1) is 0 Å². The first-order valence-corrected chi connectivity index (χ1v) is 10.2. The van der Waals surface area contributed by atoms with Crippen LogP contribution in [0.4, 0.5) is 0 Å². The topological polar surface area (TPSA) is 50.2 Å². The van der Waals surface area contributed by atoms with E-state index in [4.69, 9.17) is 16.6 Å². The number of para-hydroxylation sites is 1. The Labute approximate surface area is 176 Å². The quantitative estimate of drug-likeness (QED) is 0.513. The van der Waals surface area contributed by atoms with Crippen LogP contribution in [0.1, 0.15) is 54.4 Å². The summed E-state index contributed by atoms with van der Waals surface area (Å²) in [4.78, 5) is 17.2. The Hall–Kier alpha value is -2.65. The lowest BCUT2D eigenvalue weighted by molar-refractivity contribution is 0.0696. The van der Waals surface area contributed by atoms with E-state index < -0.39 is 5.97 Å². The van der Waals surface area contributed by atoms with Crippen molar-refractivity contribution in [1.29, 1.82) is 0 Å². The van der Waals surface area contributed by atoms with E-state index in [-0.39, 0.29) is 5.41 Å². The van der Waals surface area contributed by atoms with Crippen LogP contribution in [-0.2, 0) is 6.42 Å². The normalized spacial score (nSPS) is 18.1. The van der Waals surface area contributed by atoms with Gasteiger partial charge in [0.1, 0.15) is 0 Å². The Morgan fingerprint density at radius 2 is 1.90 bits per heavy atom. The number of carboxylic acids is 1. The molecule has 0 saturated heterocycles. The van der Waals surface area contributed by atoms with Crippen molar-refractivity contribution >= 4 is 40.1 Å². The number of fused-ring (bicyclic) bond motifs is 2. The summed E-state index contributed by atoms with van der Waals surface area (Å²) in [6.45, 7) is 6.65. The third-order valence-electron chi connectivity index (χ3n) is 5.84. The van der Waals surface area contributed by atoms with Crippen molar-refractivity contribution in [1.82, 2.24) is 4.98 Å². The highest BCUT2D eigenvalue weighted by Crippen LogP contribution is 2.44. The Morgan fingerprint density at radius 1 is 1.14 bits per heavy atom. The van der Waals surface area contributed by atoms with E-state index in [9.17, 15) is 9.90 Å². The number of aromatic nitrogens is 1. The maximum atomic E-state index is 12.3. The minimum absolute atomic E-state index is 0.0481. The molecule has 29 heavy (non-hydrogen) atoms. The molecule has 0 aliphatic heterocycles. The first-order valence-electron chi connectivity index (χ1n) is 9.85. The lowest BCUT2D eigenvalue weighted by Gasteiger charge is -2.36. The number of hydrogen-bond donors (Lipinski definition) is 1. The van der Waals surface area contributed by atoms with E-state index in [1.807, 2.05) is 48.5 Å². The summed E-state index contributed by atoms with van der Waals surface area (Å²) in [5, 5.41) is 11.5. The van der Waals surface area contributed by atoms with Crippen LogP contribution in [0.2, 0.25) is 5.02 Å². The number of carboxylic acid groups (broad SMARTS) is 1. The van der Waals surface area contributed by atoms with Crippen LogP contribution in [0.15, 0.2) is 48.5 Å². The Bertz CT molecular complexity index is 1140. The summed E-state index contributed by atoms with van der Waals surface area (Å²) < 4.78 is 0. The predicted molar refractivity (Wildman–Crippen MR) is 119 cm³/mol. The minimum Gasteiger partial charge on any atom is -0.478 e. The molecule has 1 N–H and O–H groups in total. The van der Waals surface area contributed by atoms with Gasteiger partial charge in [0, 0.05) is 10.4 Å². The van der Waals surface area contributed by atoms with Crippen molar-refractivity contribution in [3.63, 3.8) is 0 Å². The minimum atomic E-state index is -0.892. The van der Waals surface area contributed by atoms with Gasteiger partial charge >= 0.3 is 5.97 Å². The van der Waals surface area contributed by atoms with Gasteiger partial charge < -0.3 is 5.11 Å². The number of carbonyl (C=O) groups is 1. The first kappa shape index (κ1) is 19.7. The maximum Gasteiger partial charge on any atom is 0.336 e. The van der Waals surface area contributed by atoms with Gasteiger partial charge in [-0.1, -0.05) is 62.7 Å². The van der Waals surface area contributed by atoms with E-state index in [2.05, 4.69) is 26.8 Å². The summed E-state index contributed by atoms with van der Waals surface area (Å²) in [6, 6.07) is 15.2. The molecule has 1 atom stereocenters. The molecule has 1 heterocycles. The molecule has 4 heteroatoms. The molecule has 0 bridgehead atoms. The third kappa shape index (κ3) is 3.79. The fraction of sp³-hybridized carbons (Fsp3) is 0.280. The zero-order valence-electron chi connectivity index (χ0n) is 16.9. The van der Waals surface area contributed by atoms with E-state index in [1.165, 1.54) is 0 Å². The molecule has 1 aromatic heterocycles. The molecule has 1 unspecified atom stereocenters. The van der Waals surface area contributed by atoms with E-state index >= 15 is 0 Å². The molecule has 0 radical (unpaired) electrons. The molecule has 1 aliphatic rings. The highest BCUT2D eigenvalue weighted by atomic mass is 35.5. The SMILES string of the molecule is CC(C)(C)C1CC(=Cc2cccc(Cl)c2)c2nc3ccccc3c(C(=O)O)c2C1. The lowest BCUT2D eigenvalue weighted by Crippen LogP contribution is -2.28. The molecule has 148 valence electrons. The Balaban J connectivity index is 2.00. The molecule has 0 spiro atoms. The van der Waals surface area contributed by atoms with Crippen molar-refractivity contribution < 1.29 is 9.90 Å². The second kappa shape index (κ2) is 7.31. The molecule has 0 saturated carbocycles. The van der Waals surface area contributed by atoms with Crippen molar-refractivity contribution in [2.75, 3.05) is 0 Å². The summed E-state index contributed by atoms with van der Waals surface area (Å²) in [5.74, 6) is -0.571. The van der Waals surface area contributed by atoms with Crippen LogP contribution >= 0.6 is 11.6 Å². The average Bonchev–Trinajstić information content (AvgIpc) is 2.65. The molecule has 3 nitrogen and oxygen atoms in total. The number of halogens is 1. The number of benzene rings is 2. The molecule has 2 aromatic carbocycles. The van der Waals surface area contributed by atoms with Crippen LogP contribution in [0.3, 0.4) is 0 Å². The van der Waals surface area contributed by atoms with Gasteiger partial charge in [0.25, 0.3) is 0 Å². The number of hydrogen-bond acceptors (Lipinski definition) is 2. The average molecular weight is 406 g/mol. The molecule has 1 aliphatic carbocycles. The number of nitrogens with zero attached hydrogens (tertiary/aromatic N) is 1. The fourth-order valence-electron chi connectivity index (χ4n) is 4.18. The van der Waals surface area contributed by atoms with Gasteiger partial charge in [-0.3, -0.25) is 0 Å². The molecular formula is C25H24ClNO2. The van der Waals surface area contributed by atoms with Crippen LogP contribution in [-0.4, -0.2) is 16.1 Å². The number of allylic oxidation sites excluding steroid dienone is 1. The summed E-state index contributed by atoms with van der Waals surface area (Å²) in [5.41, 5.74) is 4.87. The second-order valence-corrected chi connectivity index (χ2v) is 9.27. The summed E-state index contributed by atoms with van der Waals surface area (Å²) >= 11 is 6.19. The van der Waals surface area contributed by atoms with E-state index in [1.54, 1.807) is 0 Å². The molecular weight excluding hydrogens is 382 g/mol. The largest absolute Gasteiger partial charge is 0.478 e. The van der Waals surface area contributed by atoms with Crippen LogP contribution < -0.4 is 0 Å². The fourth-order valence-corrected chi connectivity index (χ4v) is 4.38. The summed E-state index contributed by atoms with van der Waals surface area (Å²) in [7, 11) is 0. The zero-order chi connectivity index (χ0) is 20.8. The highest BCUT2D eigenvalue weighted by molar-refractivity contribution is 6.30. The summed E-state index contributed by atoms with van der Waals surface area (Å²) in [6.07, 6.45) is 3.68. The van der Waals surface area contributed by atoms with E-state index in [0.29, 0.717) is 28.3 Å². The van der Waals surface area contributed by atoms with Crippen molar-refractivity contribution in [3.05, 3.63) is 75.9 Å². The van der Waals surface area contributed by atoms with Gasteiger partial charge in [0.15, 0.2) is 0 Å². The van der Waals surface area contributed by atoms with Gasteiger partial charge in [-0.2, -0.15) is 0 Å². The standard InChI is InChI=1S/C25H24ClNO2/c1-25(2,3)17-13-16(11-15-7-6-8-18(26)12-15)23-20(14-17)22(24(28)29)19-9-4-5-10-21(19)27-23/h4-12,17H,13-14H2,1-3H3,(H,28,29). The van der Waals surface area contributed by atoms with Crippen molar-refractivity contribution in [2.45, 2.75) is 33.6 Å². The molecule has 0 fully saturated rings. The second-order valence-electron chi connectivity index (χ2n) is 8.83. The van der Waals surface area contributed by atoms with E-state index in [0.717, 1.165) is 34.3 Å². The third-order valence-corrected chi connectivity index (χ3v) is 6.08. The number of aromatic carboxylic acids is 1. The molecule has 0 amide bonds. The lowest BCUT2D eigenvalue weighted by atomic mass is 9.69. The highest BCUT2D eigenvalue weighted by Gasteiger charge is 2.35. The first-order chi connectivity index (χ1) is 13.7. The van der Waals surface area contributed by atoms with Gasteiger partial charge in [-0.25, -0.2) is 9.78 Å². The number of rotatable bonds is 2. The number of pyridine rings is 1. The Morgan fingerprint density at radius 3 is 2.59 bits per heavy atom. The van der Waals surface area contributed by atoms with Crippen LogP contribution in [0.5, 0.6) is 0 Å². The zero-order valence-corrected chi connectivity index (χ0v) is 17.6. The van der Waals surface area contributed by atoms with Crippen molar-refractivity contribution in [2.24, 2.45) is 11.3 Å². The maximum absolute atomic E-state index is 12.3. The van der Waals surface area contributed by atoms with Gasteiger partial charge in [0.2, 0.25) is 0 Å². The van der Waals surface area contributed by atoms with Gasteiger partial charge in [-0.05, 0) is 65.1 Å². The smallest absolute Gasteiger partial charge is 0.336 e. The molecule has 4 rings (SSSR count). The Kier molecular flexibility index (Phi) is 4.95. The van der Waals surface area contributed by atoms with Crippen molar-refractivity contribution in [3.8, 4) is 0 Å². The van der Waals surface area contributed by atoms with Gasteiger partial charge in [0.05, 0.1) is 16.8 Å².